The number of hydrogen-bond donors (Lipinski definition) is 3. The third-order valence-corrected chi connectivity index (χ3v) is 3.62. The molecule has 0 radical (unpaired) electrons. The highest BCUT2D eigenvalue weighted by Gasteiger charge is 2.42. The number of rotatable bonds is 3. The number of ether oxygens (including phenoxy) is 1. The van der Waals surface area contributed by atoms with Crippen LogP contribution in [0.2, 0.25) is 0 Å². The smallest absolute Gasteiger partial charge is 0.329 e. The molecule has 21 heavy (non-hydrogen) atoms. The fourth-order valence-electron chi connectivity index (χ4n) is 2.22. The second kappa shape index (κ2) is 6.01. The van der Waals surface area contributed by atoms with Gasteiger partial charge in [0.05, 0.1) is 0 Å². The summed E-state index contributed by atoms with van der Waals surface area (Å²) in [4.78, 5) is 25.0. The van der Waals surface area contributed by atoms with Crippen molar-refractivity contribution >= 4 is 17.7 Å². The number of aliphatic carboxylic acids is 1. The highest BCUT2D eigenvalue weighted by atomic mass is 16.5. The molecule has 0 spiro atoms. The second-order valence-corrected chi connectivity index (χ2v) is 5.01. The largest absolute Gasteiger partial charge is 0.508 e. The number of carbonyl (C=O) groups excluding carboxylic acids is 1. The fraction of sp³-hybridized carbons (Fsp3) is 0.429. The Balaban J connectivity index is 2.13. The Bertz CT molecular complexity index is 540. The molecule has 0 aliphatic carbocycles. The van der Waals surface area contributed by atoms with Gasteiger partial charge in [0.1, 0.15) is 11.3 Å². The summed E-state index contributed by atoms with van der Waals surface area (Å²) in [6.45, 7) is 0.588. The molecule has 1 saturated heterocycles. The fourth-order valence-corrected chi connectivity index (χ4v) is 2.22. The van der Waals surface area contributed by atoms with E-state index >= 15 is 0 Å². The zero-order valence-corrected chi connectivity index (χ0v) is 11.7. The minimum atomic E-state index is -1.31. The Morgan fingerprint density at radius 2 is 2.00 bits per heavy atom. The molecule has 7 heteroatoms. The summed E-state index contributed by atoms with van der Waals surface area (Å²) in [5.74, 6) is -1.03. The molecule has 0 bridgehead atoms. The van der Waals surface area contributed by atoms with E-state index in [0.29, 0.717) is 18.9 Å². The Morgan fingerprint density at radius 3 is 2.57 bits per heavy atom. The monoisotopic (exact) mass is 294 g/mol. The molecule has 0 atom stereocenters. The molecule has 1 fully saturated rings. The second-order valence-electron chi connectivity index (χ2n) is 5.01. The minimum Gasteiger partial charge on any atom is -0.508 e. The molecule has 7 nitrogen and oxygen atoms in total. The number of carbonyl (C=O) groups is 2. The van der Waals surface area contributed by atoms with E-state index in [1.165, 1.54) is 24.1 Å². The van der Waals surface area contributed by atoms with Gasteiger partial charge in [0, 0.05) is 44.9 Å². The summed E-state index contributed by atoms with van der Waals surface area (Å²) in [7, 11) is 1.51. The molecular weight excluding hydrogens is 276 g/mol. The van der Waals surface area contributed by atoms with Crippen molar-refractivity contribution in [3.05, 3.63) is 24.3 Å². The first-order valence-electron chi connectivity index (χ1n) is 6.61. The lowest BCUT2D eigenvalue weighted by molar-refractivity contribution is -0.148. The molecule has 1 aromatic rings. The van der Waals surface area contributed by atoms with Crippen molar-refractivity contribution in [2.75, 3.05) is 25.2 Å². The molecule has 0 saturated carbocycles. The highest BCUT2D eigenvalue weighted by Crippen LogP contribution is 2.23. The van der Waals surface area contributed by atoms with Gasteiger partial charge in [0.15, 0.2) is 0 Å². The Labute approximate surface area is 122 Å². The lowest BCUT2D eigenvalue weighted by Gasteiger charge is -2.35. The van der Waals surface area contributed by atoms with E-state index < -0.39 is 17.5 Å². The molecule has 1 heterocycles. The van der Waals surface area contributed by atoms with Gasteiger partial charge < -0.3 is 20.3 Å². The number of hydrogen-bond acceptors (Lipinski definition) is 4. The van der Waals surface area contributed by atoms with Crippen molar-refractivity contribution in [3.8, 4) is 5.75 Å². The molecule has 1 aliphatic heterocycles. The standard InChI is InChI=1S/C14H18N2O5/c1-16(10-3-2-4-11(17)9-10)13(20)15-14(12(18)19)5-7-21-8-6-14/h2-4,9,17H,5-8H2,1H3,(H,15,20)(H,18,19). The van der Waals surface area contributed by atoms with Crippen LogP contribution in [0.3, 0.4) is 0 Å². The van der Waals surface area contributed by atoms with Crippen molar-refractivity contribution in [2.45, 2.75) is 18.4 Å². The predicted molar refractivity (Wildman–Crippen MR) is 75.5 cm³/mol. The third kappa shape index (κ3) is 3.25. The molecular formula is C14H18N2O5. The van der Waals surface area contributed by atoms with Gasteiger partial charge in [-0.05, 0) is 12.1 Å². The van der Waals surface area contributed by atoms with Gasteiger partial charge in [-0.3, -0.25) is 4.90 Å². The maximum Gasteiger partial charge on any atom is 0.329 e. The van der Waals surface area contributed by atoms with Gasteiger partial charge in [0.2, 0.25) is 0 Å². The third-order valence-electron chi connectivity index (χ3n) is 3.62. The Morgan fingerprint density at radius 1 is 1.33 bits per heavy atom. The van der Waals surface area contributed by atoms with Gasteiger partial charge in [-0.1, -0.05) is 6.07 Å². The maximum absolute atomic E-state index is 12.3. The van der Waals surface area contributed by atoms with Crippen LogP contribution in [0.25, 0.3) is 0 Å². The van der Waals surface area contributed by atoms with E-state index in [-0.39, 0.29) is 18.6 Å². The molecule has 3 N–H and O–H groups in total. The minimum absolute atomic E-state index is 0.0335. The zero-order chi connectivity index (χ0) is 15.5. The average Bonchev–Trinajstić information content (AvgIpc) is 2.47. The lowest BCUT2D eigenvalue weighted by Crippen LogP contribution is -2.59. The maximum atomic E-state index is 12.3. The summed E-state index contributed by atoms with van der Waals surface area (Å²) in [6, 6.07) is 5.64. The molecule has 1 aromatic carbocycles. The van der Waals surface area contributed by atoms with Crippen LogP contribution < -0.4 is 10.2 Å². The van der Waals surface area contributed by atoms with Crippen LogP contribution in [0.5, 0.6) is 5.75 Å². The van der Waals surface area contributed by atoms with Crippen LogP contribution in [0.15, 0.2) is 24.3 Å². The van der Waals surface area contributed by atoms with Crippen LogP contribution in [0.4, 0.5) is 10.5 Å². The molecule has 1 aliphatic rings. The van der Waals surface area contributed by atoms with Gasteiger partial charge in [-0.25, -0.2) is 9.59 Å². The molecule has 0 aromatic heterocycles. The number of phenols is 1. The van der Waals surface area contributed by atoms with Crippen molar-refractivity contribution in [1.82, 2.24) is 5.32 Å². The van der Waals surface area contributed by atoms with E-state index in [0.717, 1.165) is 0 Å². The van der Waals surface area contributed by atoms with Crippen LogP contribution in [0, 0.1) is 0 Å². The van der Waals surface area contributed by atoms with E-state index in [2.05, 4.69) is 5.32 Å². The summed E-state index contributed by atoms with van der Waals surface area (Å²) in [5.41, 5.74) is -0.833. The first-order chi connectivity index (χ1) is 9.94. The topological polar surface area (TPSA) is 99.1 Å². The number of carboxylic acids is 1. The Kier molecular flexibility index (Phi) is 4.32. The van der Waals surface area contributed by atoms with Crippen molar-refractivity contribution in [3.63, 3.8) is 0 Å². The van der Waals surface area contributed by atoms with Crippen LogP contribution in [0.1, 0.15) is 12.8 Å². The Hall–Kier alpha value is -2.28. The number of urea groups is 1. The number of carboxylic acid groups (broad SMARTS) is 1. The zero-order valence-electron chi connectivity index (χ0n) is 11.7. The first-order valence-corrected chi connectivity index (χ1v) is 6.61. The van der Waals surface area contributed by atoms with Crippen LogP contribution in [-0.4, -0.2) is 48.0 Å². The van der Waals surface area contributed by atoms with Gasteiger partial charge >= 0.3 is 12.0 Å². The predicted octanol–water partition coefficient (Wildman–Crippen LogP) is 1.17. The number of amides is 2. The van der Waals surface area contributed by atoms with Gasteiger partial charge in [-0.15, -0.1) is 0 Å². The van der Waals surface area contributed by atoms with Crippen molar-refractivity contribution in [2.24, 2.45) is 0 Å². The first kappa shape index (κ1) is 15.1. The molecule has 0 unspecified atom stereocenters. The number of benzene rings is 1. The van der Waals surface area contributed by atoms with E-state index in [1.807, 2.05) is 0 Å². The van der Waals surface area contributed by atoms with E-state index in [4.69, 9.17) is 4.74 Å². The summed E-state index contributed by atoms with van der Waals surface area (Å²) < 4.78 is 5.16. The number of phenolic OH excluding ortho intramolecular Hbond substituents is 1. The number of nitrogens with zero attached hydrogens (tertiary/aromatic N) is 1. The van der Waals surface area contributed by atoms with Crippen LogP contribution in [-0.2, 0) is 9.53 Å². The van der Waals surface area contributed by atoms with Crippen molar-refractivity contribution < 1.29 is 24.5 Å². The highest BCUT2D eigenvalue weighted by molar-refractivity contribution is 5.95. The van der Waals surface area contributed by atoms with Gasteiger partial charge in [-0.2, -0.15) is 0 Å². The van der Waals surface area contributed by atoms with Crippen molar-refractivity contribution in [1.29, 1.82) is 0 Å². The summed E-state index contributed by atoms with van der Waals surface area (Å²) in [6.07, 6.45) is 0.448. The lowest BCUT2D eigenvalue weighted by atomic mass is 9.90. The number of anilines is 1. The van der Waals surface area contributed by atoms with Crippen LogP contribution >= 0.6 is 0 Å². The SMILES string of the molecule is CN(C(=O)NC1(C(=O)O)CCOCC1)c1cccc(O)c1. The van der Waals surface area contributed by atoms with E-state index in [9.17, 15) is 19.8 Å². The molecule has 2 rings (SSSR count). The quantitative estimate of drug-likeness (QED) is 0.777. The molecule has 114 valence electrons. The number of nitrogens with one attached hydrogen (secondary N) is 1. The van der Waals surface area contributed by atoms with Gasteiger partial charge in [0.25, 0.3) is 0 Å². The summed E-state index contributed by atoms with van der Waals surface area (Å²) >= 11 is 0. The van der Waals surface area contributed by atoms with E-state index in [1.54, 1.807) is 12.1 Å². The molecule has 2 amide bonds. The number of aromatic hydroxyl groups is 1. The average molecular weight is 294 g/mol. The summed E-state index contributed by atoms with van der Waals surface area (Å²) in [5, 5.41) is 21.4. The normalized spacial score (nSPS) is 17.0.